The van der Waals surface area contributed by atoms with E-state index in [9.17, 15) is 8.42 Å². The maximum absolute atomic E-state index is 12.4. The average molecular weight is 309 g/mol. The van der Waals surface area contributed by atoms with E-state index in [1.54, 1.807) is 18.2 Å². The maximum Gasteiger partial charge on any atom is 0.242 e. The SMILES string of the molecule is Nc1ccc2[nH]cc(S(=O)(=O)NCC3CCCCO3)c2c1. The smallest absolute Gasteiger partial charge is 0.242 e. The number of nitrogens with two attached hydrogens (primary N) is 1. The lowest BCUT2D eigenvalue weighted by Crippen LogP contribution is -2.35. The van der Waals surface area contributed by atoms with Crippen LogP contribution in [0, 0.1) is 0 Å². The Morgan fingerprint density at radius 2 is 2.24 bits per heavy atom. The van der Waals surface area contributed by atoms with Crippen molar-refractivity contribution >= 4 is 26.6 Å². The summed E-state index contributed by atoms with van der Waals surface area (Å²) in [7, 11) is -3.58. The molecule has 0 aliphatic carbocycles. The molecule has 21 heavy (non-hydrogen) atoms. The van der Waals surface area contributed by atoms with Gasteiger partial charge >= 0.3 is 0 Å². The summed E-state index contributed by atoms with van der Waals surface area (Å²) < 4.78 is 33.0. The first-order chi connectivity index (χ1) is 10.1. The molecule has 2 aromatic rings. The van der Waals surface area contributed by atoms with E-state index in [1.165, 1.54) is 6.20 Å². The van der Waals surface area contributed by atoms with Crippen molar-refractivity contribution in [3.63, 3.8) is 0 Å². The van der Waals surface area contributed by atoms with E-state index >= 15 is 0 Å². The van der Waals surface area contributed by atoms with Crippen molar-refractivity contribution in [2.45, 2.75) is 30.3 Å². The Kier molecular flexibility index (Phi) is 3.88. The Balaban J connectivity index is 1.81. The Hall–Kier alpha value is -1.57. The minimum absolute atomic E-state index is 0.0381. The molecule has 114 valence electrons. The van der Waals surface area contributed by atoms with Crippen LogP contribution in [0.5, 0.6) is 0 Å². The van der Waals surface area contributed by atoms with Crippen LogP contribution in [-0.4, -0.2) is 32.7 Å². The molecule has 0 radical (unpaired) electrons. The average Bonchev–Trinajstić information content (AvgIpc) is 2.90. The molecule has 7 heteroatoms. The van der Waals surface area contributed by atoms with Gasteiger partial charge < -0.3 is 15.5 Å². The predicted molar refractivity (Wildman–Crippen MR) is 81.5 cm³/mol. The van der Waals surface area contributed by atoms with Crippen molar-refractivity contribution < 1.29 is 13.2 Å². The third kappa shape index (κ3) is 3.04. The molecule has 4 N–H and O–H groups in total. The first-order valence-electron chi connectivity index (χ1n) is 7.04. The minimum Gasteiger partial charge on any atom is -0.399 e. The topological polar surface area (TPSA) is 97.2 Å². The number of anilines is 1. The first-order valence-corrected chi connectivity index (χ1v) is 8.52. The van der Waals surface area contributed by atoms with Gasteiger partial charge in [0.1, 0.15) is 4.90 Å². The molecule has 1 aromatic heterocycles. The number of rotatable bonds is 4. The molecule has 2 heterocycles. The van der Waals surface area contributed by atoms with Gasteiger partial charge in [-0.1, -0.05) is 0 Å². The fourth-order valence-corrected chi connectivity index (χ4v) is 3.82. The number of aromatic nitrogens is 1. The van der Waals surface area contributed by atoms with Crippen molar-refractivity contribution in [3.8, 4) is 0 Å². The third-order valence-corrected chi connectivity index (χ3v) is 5.20. The molecule has 0 saturated carbocycles. The van der Waals surface area contributed by atoms with Crippen molar-refractivity contribution in [3.05, 3.63) is 24.4 Å². The molecule has 1 unspecified atom stereocenters. The van der Waals surface area contributed by atoms with Crippen molar-refractivity contribution in [1.82, 2.24) is 9.71 Å². The molecule has 0 bridgehead atoms. The molecule has 1 aliphatic rings. The lowest BCUT2D eigenvalue weighted by Gasteiger charge is -2.22. The van der Waals surface area contributed by atoms with E-state index in [-0.39, 0.29) is 11.0 Å². The number of ether oxygens (including phenoxy) is 1. The summed E-state index contributed by atoms with van der Waals surface area (Å²) in [5, 5.41) is 0.604. The maximum atomic E-state index is 12.4. The van der Waals surface area contributed by atoms with E-state index in [0.29, 0.717) is 24.2 Å². The van der Waals surface area contributed by atoms with Crippen LogP contribution < -0.4 is 10.5 Å². The number of nitrogen functional groups attached to an aromatic ring is 1. The van der Waals surface area contributed by atoms with Crippen molar-refractivity contribution in [1.29, 1.82) is 0 Å². The lowest BCUT2D eigenvalue weighted by molar-refractivity contribution is 0.0200. The van der Waals surface area contributed by atoms with Gasteiger partial charge in [0.25, 0.3) is 0 Å². The van der Waals surface area contributed by atoms with Gasteiger partial charge in [-0.25, -0.2) is 13.1 Å². The van der Waals surface area contributed by atoms with Crippen molar-refractivity contribution in [2.75, 3.05) is 18.9 Å². The minimum atomic E-state index is -3.58. The van der Waals surface area contributed by atoms with E-state index in [2.05, 4.69) is 9.71 Å². The highest BCUT2D eigenvalue weighted by molar-refractivity contribution is 7.89. The van der Waals surface area contributed by atoms with Crippen LogP contribution in [0.1, 0.15) is 19.3 Å². The fourth-order valence-electron chi connectivity index (χ4n) is 2.58. The molecular weight excluding hydrogens is 290 g/mol. The number of sulfonamides is 1. The quantitative estimate of drug-likeness (QED) is 0.747. The van der Waals surface area contributed by atoms with Gasteiger partial charge in [-0.3, -0.25) is 0 Å². The Bertz CT molecular complexity index is 733. The number of hydrogen-bond acceptors (Lipinski definition) is 4. The van der Waals surface area contributed by atoms with Gasteiger partial charge in [0.2, 0.25) is 10.0 Å². The zero-order chi connectivity index (χ0) is 14.9. The molecule has 1 aliphatic heterocycles. The van der Waals surface area contributed by atoms with Gasteiger partial charge in [-0.15, -0.1) is 0 Å². The van der Waals surface area contributed by atoms with Gasteiger partial charge in [0.15, 0.2) is 0 Å². The van der Waals surface area contributed by atoms with Crippen LogP contribution in [-0.2, 0) is 14.8 Å². The summed E-state index contributed by atoms with van der Waals surface area (Å²) >= 11 is 0. The second kappa shape index (κ2) is 5.67. The van der Waals surface area contributed by atoms with Crippen LogP contribution in [0.3, 0.4) is 0 Å². The van der Waals surface area contributed by atoms with E-state index < -0.39 is 10.0 Å². The zero-order valence-corrected chi connectivity index (χ0v) is 12.4. The number of H-pyrrole nitrogens is 1. The molecule has 3 rings (SSSR count). The van der Waals surface area contributed by atoms with Crippen LogP contribution in [0.4, 0.5) is 5.69 Å². The monoisotopic (exact) mass is 309 g/mol. The molecule has 0 amide bonds. The summed E-state index contributed by atoms with van der Waals surface area (Å²) in [6.45, 7) is 1.01. The number of hydrogen-bond donors (Lipinski definition) is 3. The number of aromatic amines is 1. The number of nitrogens with one attached hydrogen (secondary N) is 2. The highest BCUT2D eigenvalue weighted by atomic mass is 32.2. The highest BCUT2D eigenvalue weighted by Gasteiger charge is 2.22. The molecule has 0 spiro atoms. The van der Waals surface area contributed by atoms with E-state index in [4.69, 9.17) is 10.5 Å². The molecule has 1 fully saturated rings. The normalized spacial score (nSPS) is 19.9. The van der Waals surface area contributed by atoms with Crippen LogP contribution in [0.25, 0.3) is 10.9 Å². The van der Waals surface area contributed by atoms with Crippen LogP contribution in [0.15, 0.2) is 29.3 Å². The summed E-state index contributed by atoms with van der Waals surface area (Å²) in [5.74, 6) is 0. The van der Waals surface area contributed by atoms with Crippen molar-refractivity contribution in [2.24, 2.45) is 0 Å². The van der Waals surface area contributed by atoms with Crippen LogP contribution >= 0.6 is 0 Å². The lowest BCUT2D eigenvalue weighted by atomic mass is 10.1. The molecule has 1 atom stereocenters. The summed E-state index contributed by atoms with van der Waals surface area (Å²) in [5.41, 5.74) is 7.02. The zero-order valence-electron chi connectivity index (χ0n) is 11.6. The third-order valence-electron chi connectivity index (χ3n) is 3.73. The molecular formula is C14H19N3O3S. The standard InChI is InChI=1S/C14H19N3O3S/c15-10-4-5-13-12(7-10)14(9-16-13)21(18,19)17-8-11-3-1-2-6-20-11/h4-5,7,9,11,16-17H,1-3,6,8,15H2. The molecule has 1 aromatic carbocycles. The first kappa shape index (κ1) is 14.4. The Morgan fingerprint density at radius 3 is 3.00 bits per heavy atom. The van der Waals surface area contributed by atoms with Gasteiger partial charge in [-0.05, 0) is 37.5 Å². The predicted octanol–water partition coefficient (Wildman–Crippen LogP) is 1.60. The Morgan fingerprint density at radius 1 is 1.38 bits per heavy atom. The highest BCUT2D eigenvalue weighted by Crippen LogP contribution is 2.24. The second-order valence-electron chi connectivity index (χ2n) is 5.30. The second-order valence-corrected chi connectivity index (χ2v) is 7.03. The van der Waals surface area contributed by atoms with E-state index in [1.807, 2.05) is 0 Å². The summed E-state index contributed by atoms with van der Waals surface area (Å²) in [6, 6.07) is 5.17. The Labute approximate surface area is 123 Å². The largest absolute Gasteiger partial charge is 0.399 e. The number of fused-ring (bicyclic) bond motifs is 1. The molecule has 1 saturated heterocycles. The summed E-state index contributed by atoms with van der Waals surface area (Å²) in [6.07, 6.45) is 4.47. The fraction of sp³-hybridized carbons (Fsp3) is 0.429. The molecule has 6 nitrogen and oxygen atoms in total. The summed E-state index contributed by atoms with van der Waals surface area (Å²) in [4.78, 5) is 3.18. The van der Waals surface area contributed by atoms with E-state index in [0.717, 1.165) is 24.8 Å². The van der Waals surface area contributed by atoms with Gasteiger partial charge in [0, 0.05) is 35.9 Å². The van der Waals surface area contributed by atoms with Crippen LogP contribution in [0.2, 0.25) is 0 Å². The van der Waals surface area contributed by atoms with Gasteiger partial charge in [0.05, 0.1) is 6.10 Å². The van der Waals surface area contributed by atoms with Gasteiger partial charge in [-0.2, -0.15) is 0 Å². The number of benzene rings is 1.